The molecule has 304 valence electrons. The number of hydrogen-bond acceptors (Lipinski definition) is 12. The third kappa shape index (κ3) is 20.8. The number of carbonyl (C=O) groups excluding carboxylic acids is 5. The third-order valence-corrected chi connectivity index (χ3v) is 7.45. The number of carboxylic acid groups (broad SMARTS) is 6. The summed E-state index contributed by atoms with van der Waals surface area (Å²) in [6.07, 6.45) is -6.08. The van der Waals surface area contributed by atoms with Crippen LogP contribution in [0.2, 0.25) is 0 Å². The van der Waals surface area contributed by atoms with Crippen molar-refractivity contribution < 1.29 is 83.4 Å². The summed E-state index contributed by atoms with van der Waals surface area (Å²) >= 11 is 0. The van der Waals surface area contributed by atoms with Crippen molar-refractivity contribution in [1.29, 1.82) is 0 Å². The van der Waals surface area contributed by atoms with Crippen LogP contribution in [0, 0.1) is 5.92 Å². The average Bonchev–Trinajstić information content (AvgIpc) is 3.05. The lowest BCUT2D eigenvalue weighted by Crippen LogP contribution is -2.59. The molecule has 0 spiro atoms. The predicted molar refractivity (Wildman–Crippen MR) is 179 cm³/mol. The molecule has 23 heteroatoms. The van der Waals surface area contributed by atoms with Crippen LogP contribution >= 0.6 is 0 Å². The van der Waals surface area contributed by atoms with Gasteiger partial charge in [-0.15, -0.1) is 0 Å². The number of amides is 5. The molecule has 0 fully saturated rings. The molecule has 0 aliphatic heterocycles. The zero-order valence-corrected chi connectivity index (χ0v) is 29.6. The lowest BCUT2D eigenvalue weighted by molar-refractivity contribution is -0.144. The normalized spacial score (nSPS) is 14.1. The Balaban J connectivity index is 6.35. The standard InChI is InChI=1S/C31H48N6O17/c1-14(2)13-20(30(52)36-19(31(53)54)7-12-25(46)47)37-29(51)18(6-11-24(44)45)35-28(50)17(5-10-23(42)43)34-27(49)16(4-9-22(40)41)33-26(48)15(32)3-8-21(38)39/h14-20H,3-13,32H2,1-2H3,(H,33,48)(H,34,49)(H,35,50)(H,36,52)(H,37,51)(H,38,39)(H,40,41)(H,42,43)(H,44,45)(H,46,47)(H,53,54)/t15-,16-,17-,18-,19-,20-/m0/s1. The monoisotopic (exact) mass is 776 g/mol. The van der Waals surface area contributed by atoms with Crippen molar-refractivity contribution in [3.8, 4) is 0 Å². The lowest BCUT2D eigenvalue weighted by Gasteiger charge is -2.27. The zero-order chi connectivity index (χ0) is 41.7. The molecule has 5 amide bonds. The van der Waals surface area contributed by atoms with E-state index in [9.17, 15) is 68.1 Å². The van der Waals surface area contributed by atoms with Crippen molar-refractivity contribution >= 4 is 65.4 Å². The van der Waals surface area contributed by atoms with Crippen molar-refractivity contribution in [1.82, 2.24) is 26.6 Å². The highest BCUT2D eigenvalue weighted by Crippen LogP contribution is 2.10. The van der Waals surface area contributed by atoms with Crippen molar-refractivity contribution in [2.24, 2.45) is 11.7 Å². The molecule has 54 heavy (non-hydrogen) atoms. The quantitative estimate of drug-likeness (QED) is 0.0381. The number of rotatable bonds is 28. The average molecular weight is 777 g/mol. The Labute approximate surface area is 307 Å². The van der Waals surface area contributed by atoms with E-state index in [1.165, 1.54) is 0 Å². The fourth-order valence-corrected chi connectivity index (χ4v) is 4.62. The maximum Gasteiger partial charge on any atom is 0.326 e. The molecule has 0 aromatic heterocycles. The van der Waals surface area contributed by atoms with Gasteiger partial charge in [0.15, 0.2) is 0 Å². The second-order valence-electron chi connectivity index (χ2n) is 12.5. The first-order valence-corrected chi connectivity index (χ1v) is 16.6. The number of nitrogens with one attached hydrogen (secondary N) is 5. The summed E-state index contributed by atoms with van der Waals surface area (Å²) in [5.74, 6) is -14.4. The zero-order valence-electron chi connectivity index (χ0n) is 29.6. The summed E-state index contributed by atoms with van der Waals surface area (Å²) in [7, 11) is 0. The van der Waals surface area contributed by atoms with Gasteiger partial charge in [-0.1, -0.05) is 13.8 Å². The van der Waals surface area contributed by atoms with Crippen LogP contribution < -0.4 is 32.3 Å². The molecule has 0 saturated carbocycles. The van der Waals surface area contributed by atoms with E-state index in [1.807, 2.05) is 0 Å². The van der Waals surface area contributed by atoms with E-state index < -0.39 is 159 Å². The van der Waals surface area contributed by atoms with Crippen LogP contribution in [0.25, 0.3) is 0 Å². The molecule has 0 saturated heterocycles. The number of aliphatic carboxylic acids is 6. The number of hydrogen-bond donors (Lipinski definition) is 12. The van der Waals surface area contributed by atoms with Crippen LogP contribution in [0.4, 0.5) is 0 Å². The summed E-state index contributed by atoms with van der Waals surface area (Å²) in [5, 5.41) is 65.8. The van der Waals surface area contributed by atoms with Crippen molar-refractivity contribution in [3.05, 3.63) is 0 Å². The Morgan fingerprint density at radius 2 is 0.667 bits per heavy atom. The van der Waals surface area contributed by atoms with Gasteiger partial charge >= 0.3 is 35.8 Å². The summed E-state index contributed by atoms with van der Waals surface area (Å²) in [6, 6.07) is -9.81. The first-order valence-electron chi connectivity index (χ1n) is 16.6. The molecule has 0 heterocycles. The SMILES string of the molecule is CC(C)C[C@H](NC(=O)[C@H](CCC(=O)O)NC(=O)[C@H](CCC(=O)O)NC(=O)[C@H](CCC(=O)O)NC(=O)[C@@H](N)CCC(=O)O)C(=O)N[C@@H](CCC(=O)O)C(=O)O. The molecule has 6 atom stereocenters. The van der Waals surface area contributed by atoms with Gasteiger partial charge in [0, 0.05) is 32.1 Å². The van der Waals surface area contributed by atoms with Crippen LogP contribution in [-0.4, -0.2) is 132 Å². The molecule has 0 aliphatic rings. The molecular weight excluding hydrogens is 728 g/mol. The van der Waals surface area contributed by atoms with Gasteiger partial charge in [-0.2, -0.15) is 0 Å². The molecule has 0 unspecified atom stereocenters. The maximum atomic E-state index is 13.5. The lowest BCUT2D eigenvalue weighted by atomic mass is 10.0. The number of carboxylic acids is 6. The fraction of sp³-hybridized carbons (Fsp3) is 0.645. The van der Waals surface area contributed by atoms with Gasteiger partial charge in [0.2, 0.25) is 29.5 Å². The van der Waals surface area contributed by atoms with Gasteiger partial charge in [0.25, 0.3) is 0 Å². The highest BCUT2D eigenvalue weighted by molar-refractivity contribution is 5.96. The van der Waals surface area contributed by atoms with Crippen LogP contribution in [-0.2, 0) is 52.7 Å². The van der Waals surface area contributed by atoms with Gasteiger partial charge in [-0.05, 0) is 44.4 Å². The highest BCUT2D eigenvalue weighted by atomic mass is 16.4. The van der Waals surface area contributed by atoms with Crippen LogP contribution in [0.5, 0.6) is 0 Å². The second-order valence-corrected chi connectivity index (χ2v) is 12.5. The summed E-state index contributed by atoms with van der Waals surface area (Å²) in [5.41, 5.74) is 5.67. The molecule has 0 radical (unpaired) electrons. The Kier molecular flexibility index (Phi) is 21.7. The van der Waals surface area contributed by atoms with Crippen molar-refractivity contribution in [3.63, 3.8) is 0 Å². The summed E-state index contributed by atoms with van der Waals surface area (Å²) in [4.78, 5) is 133. The minimum Gasteiger partial charge on any atom is -0.481 e. The van der Waals surface area contributed by atoms with Gasteiger partial charge in [0.1, 0.15) is 30.2 Å². The summed E-state index contributed by atoms with van der Waals surface area (Å²) < 4.78 is 0. The Hall–Kier alpha value is -5.87. The number of nitrogens with two attached hydrogens (primary N) is 1. The molecule has 0 aromatic carbocycles. The highest BCUT2D eigenvalue weighted by Gasteiger charge is 2.34. The number of carbonyl (C=O) groups is 11. The topological polar surface area (TPSA) is 395 Å². The Morgan fingerprint density at radius 3 is 0.981 bits per heavy atom. The smallest absolute Gasteiger partial charge is 0.326 e. The second kappa shape index (κ2) is 24.4. The van der Waals surface area contributed by atoms with E-state index in [0.717, 1.165) is 0 Å². The van der Waals surface area contributed by atoms with Gasteiger partial charge in [0.05, 0.1) is 6.04 Å². The van der Waals surface area contributed by atoms with E-state index in [1.54, 1.807) is 13.8 Å². The van der Waals surface area contributed by atoms with E-state index in [2.05, 4.69) is 26.6 Å². The van der Waals surface area contributed by atoms with E-state index in [4.69, 9.17) is 21.1 Å². The van der Waals surface area contributed by atoms with Gasteiger partial charge < -0.3 is 63.0 Å². The first kappa shape index (κ1) is 48.1. The molecular formula is C31H48N6O17. The Morgan fingerprint density at radius 1 is 0.407 bits per heavy atom. The first-order chi connectivity index (χ1) is 25.0. The van der Waals surface area contributed by atoms with Crippen LogP contribution in [0.15, 0.2) is 0 Å². The fourth-order valence-electron chi connectivity index (χ4n) is 4.62. The molecule has 0 rings (SSSR count). The van der Waals surface area contributed by atoms with E-state index in [-0.39, 0.29) is 18.8 Å². The predicted octanol–water partition coefficient (Wildman–Crippen LogP) is -2.81. The molecule has 0 aliphatic carbocycles. The van der Waals surface area contributed by atoms with Gasteiger partial charge in [-0.3, -0.25) is 47.9 Å². The third-order valence-electron chi connectivity index (χ3n) is 7.45. The van der Waals surface area contributed by atoms with Crippen LogP contribution in [0.1, 0.15) is 84.5 Å². The molecule has 23 nitrogen and oxygen atoms in total. The molecule has 0 bridgehead atoms. The Bertz CT molecular complexity index is 1400. The molecule has 13 N–H and O–H groups in total. The van der Waals surface area contributed by atoms with Crippen molar-refractivity contribution in [2.45, 2.75) is 121 Å². The van der Waals surface area contributed by atoms with Gasteiger partial charge in [-0.25, -0.2) is 4.79 Å². The minimum atomic E-state index is -1.79. The van der Waals surface area contributed by atoms with E-state index >= 15 is 0 Å². The summed E-state index contributed by atoms with van der Waals surface area (Å²) in [6.45, 7) is 3.28. The maximum absolute atomic E-state index is 13.5. The minimum absolute atomic E-state index is 0.108. The molecule has 0 aromatic rings. The van der Waals surface area contributed by atoms with Crippen molar-refractivity contribution in [2.75, 3.05) is 0 Å². The van der Waals surface area contributed by atoms with Crippen LogP contribution in [0.3, 0.4) is 0 Å². The largest absolute Gasteiger partial charge is 0.481 e. The van der Waals surface area contributed by atoms with E-state index in [0.29, 0.717) is 0 Å².